The van der Waals surface area contributed by atoms with E-state index >= 15 is 0 Å². The Morgan fingerprint density at radius 2 is 1.42 bits per heavy atom. The lowest BCUT2D eigenvalue weighted by molar-refractivity contribution is -0.00518. The molecule has 0 spiro atoms. The van der Waals surface area contributed by atoms with Crippen molar-refractivity contribution in [1.82, 2.24) is 4.98 Å². The first-order valence-corrected chi connectivity index (χ1v) is 14.7. The summed E-state index contributed by atoms with van der Waals surface area (Å²) in [7, 11) is -0.484. The highest BCUT2D eigenvalue weighted by Gasteiger charge is 2.51. The Kier molecular flexibility index (Phi) is 5.98. The molecule has 0 amide bonds. The van der Waals surface area contributed by atoms with Crippen molar-refractivity contribution in [2.24, 2.45) is 17.8 Å². The number of carbonyl (C=O) groups is 1. The van der Waals surface area contributed by atoms with Gasteiger partial charge in [0, 0.05) is 26.0 Å². The molecule has 4 bridgehead atoms. The molecule has 198 valence electrons. The van der Waals surface area contributed by atoms with Crippen molar-refractivity contribution in [3.8, 4) is 0 Å². The third-order valence-corrected chi connectivity index (χ3v) is 10.9. The maximum atomic E-state index is 13.5. The van der Waals surface area contributed by atoms with Gasteiger partial charge >= 0.3 is 5.97 Å². The third-order valence-electron chi connectivity index (χ3n) is 9.10. The number of aromatic nitrogens is 1. The van der Waals surface area contributed by atoms with E-state index in [9.17, 15) is 18.3 Å². The molecule has 8 heteroatoms. The fourth-order valence-corrected chi connectivity index (χ4v) is 8.78. The minimum Gasteiger partial charge on any atom is -0.478 e. The van der Waals surface area contributed by atoms with E-state index in [1.807, 2.05) is 12.1 Å². The predicted octanol–water partition coefficient (Wildman–Crippen LogP) is 5.84. The Hall–Kier alpha value is -3.39. The van der Waals surface area contributed by atoms with Crippen molar-refractivity contribution in [3.63, 3.8) is 0 Å². The molecule has 0 unspecified atom stereocenters. The van der Waals surface area contributed by atoms with Gasteiger partial charge in [0.2, 0.25) is 0 Å². The molecule has 0 radical (unpaired) electrons. The van der Waals surface area contributed by atoms with E-state index < -0.39 is 16.0 Å². The number of hydrogen-bond donors (Lipinski definition) is 1. The van der Waals surface area contributed by atoms with Gasteiger partial charge in [0.15, 0.2) is 0 Å². The molecule has 0 saturated heterocycles. The number of aromatic carboxylic acids is 1. The molecule has 0 atom stereocenters. The fraction of sp³-hybridized carbons (Fsp3) is 0.400. The van der Waals surface area contributed by atoms with Gasteiger partial charge in [0.1, 0.15) is 11.4 Å². The summed E-state index contributed by atoms with van der Waals surface area (Å²) in [6, 6.07) is 17.7. The summed E-state index contributed by atoms with van der Waals surface area (Å²) in [6.45, 7) is 0. The number of carboxylic acids is 1. The Morgan fingerprint density at radius 1 is 0.868 bits per heavy atom. The van der Waals surface area contributed by atoms with E-state index in [1.165, 1.54) is 60.7 Å². The molecule has 2 aromatic carbocycles. The third kappa shape index (κ3) is 4.15. The summed E-state index contributed by atoms with van der Waals surface area (Å²) in [4.78, 5) is 17.6. The molecule has 4 aliphatic rings. The first-order valence-electron chi connectivity index (χ1n) is 13.3. The van der Waals surface area contributed by atoms with Crippen LogP contribution in [0.5, 0.6) is 0 Å². The second-order valence-corrected chi connectivity index (χ2v) is 13.4. The first kappa shape index (κ1) is 24.9. The molecule has 4 aliphatic carbocycles. The molecule has 4 fully saturated rings. The first-order chi connectivity index (χ1) is 18.2. The summed E-state index contributed by atoms with van der Waals surface area (Å²) in [5.74, 6) is 1.79. The second kappa shape index (κ2) is 9.12. The molecule has 1 N–H and O–H groups in total. The van der Waals surface area contributed by atoms with Gasteiger partial charge < -0.3 is 10.0 Å². The molecule has 7 nitrogen and oxygen atoms in total. The predicted molar refractivity (Wildman–Crippen MR) is 148 cm³/mol. The second-order valence-electron chi connectivity index (χ2n) is 11.4. The highest BCUT2D eigenvalue weighted by Crippen LogP contribution is 2.60. The maximum Gasteiger partial charge on any atom is 0.339 e. The number of hydrogen-bond acceptors (Lipinski definition) is 5. The summed E-state index contributed by atoms with van der Waals surface area (Å²) < 4.78 is 28.2. The molecular formula is C30H33N3O4S. The van der Waals surface area contributed by atoms with E-state index in [1.54, 1.807) is 49.3 Å². The average molecular weight is 532 g/mol. The topological polar surface area (TPSA) is 90.8 Å². The number of carboxylic acid groups (broad SMARTS) is 1. The summed E-state index contributed by atoms with van der Waals surface area (Å²) in [6.07, 6.45) is 9.56. The largest absolute Gasteiger partial charge is 0.478 e. The fourth-order valence-electron chi connectivity index (χ4n) is 7.58. The molecule has 1 heterocycles. The van der Waals surface area contributed by atoms with Gasteiger partial charge in [-0.3, -0.25) is 4.31 Å². The molecule has 1 aromatic heterocycles. The molecular weight excluding hydrogens is 498 g/mol. The van der Waals surface area contributed by atoms with Crippen LogP contribution in [-0.4, -0.2) is 38.6 Å². The highest BCUT2D eigenvalue weighted by atomic mass is 32.2. The summed E-state index contributed by atoms with van der Waals surface area (Å²) >= 11 is 0. The molecule has 38 heavy (non-hydrogen) atoms. The minimum atomic E-state index is -3.77. The van der Waals surface area contributed by atoms with Gasteiger partial charge in [-0.2, -0.15) is 0 Å². The van der Waals surface area contributed by atoms with E-state index in [4.69, 9.17) is 0 Å². The highest BCUT2D eigenvalue weighted by molar-refractivity contribution is 7.92. The standard InChI is InChI=1S/C30H33N3O4S/c1-32(28-27(29(34)35)4-3-13-31-28)24-9-11-26(12-10-24)38(36,37)33(2)25-7-5-23(6-8-25)30-17-20-14-21(18-30)16-22(15-20)19-30/h3-13,20-22H,14-19H2,1-2H3,(H,34,35). The van der Waals surface area contributed by atoms with Gasteiger partial charge in [-0.1, -0.05) is 12.1 Å². The number of pyridine rings is 1. The van der Waals surface area contributed by atoms with Crippen molar-refractivity contribution in [3.05, 3.63) is 78.0 Å². The van der Waals surface area contributed by atoms with Gasteiger partial charge in [-0.15, -0.1) is 0 Å². The molecule has 3 aromatic rings. The Labute approximate surface area is 224 Å². The number of rotatable bonds is 7. The average Bonchev–Trinajstić information content (AvgIpc) is 2.91. The lowest BCUT2D eigenvalue weighted by Gasteiger charge is -2.57. The van der Waals surface area contributed by atoms with Gasteiger partial charge in [-0.05, 0) is 116 Å². The minimum absolute atomic E-state index is 0.0726. The number of anilines is 3. The van der Waals surface area contributed by atoms with Crippen LogP contribution in [0.1, 0.15) is 54.4 Å². The maximum absolute atomic E-state index is 13.5. The van der Waals surface area contributed by atoms with Gasteiger partial charge in [-0.25, -0.2) is 18.2 Å². The summed E-state index contributed by atoms with van der Waals surface area (Å²) in [5, 5.41) is 9.48. The molecule has 4 saturated carbocycles. The van der Waals surface area contributed by atoms with Crippen molar-refractivity contribution >= 4 is 33.2 Å². The zero-order valence-corrected chi connectivity index (χ0v) is 22.6. The van der Waals surface area contributed by atoms with Crippen LogP contribution in [0.25, 0.3) is 0 Å². The number of sulfonamides is 1. The van der Waals surface area contributed by atoms with E-state index in [0.717, 1.165) is 17.8 Å². The van der Waals surface area contributed by atoms with Gasteiger partial charge in [0.05, 0.1) is 10.6 Å². The quantitative estimate of drug-likeness (QED) is 0.412. The SMILES string of the molecule is CN(c1ccc(S(=O)(=O)N(C)c2ccc(C34CC5CC(CC(C5)C3)C4)cc2)cc1)c1ncccc1C(=O)O. The van der Waals surface area contributed by atoms with E-state index in [0.29, 0.717) is 11.4 Å². The van der Waals surface area contributed by atoms with Crippen LogP contribution in [0, 0.1) is 17.8 Å². The van der Waals surface area contributed by atoms with Crippen LogP contribution in [0.2, 0.25) is 0 Å². The van der Waals surface area contributed by atoms with Crippen molar-refractivity contribution < 1.29 is 18.3 Å². The van der Waals surface area contributed by atoms with Crippen LogP contribution in [0.3, 0.4) is 0 Å². The Morgan fingerprint density at radius 3 is 1.97 bits per heavy atom. The Balaban J connectivity index is 1.21. The van der Waals surface area contributed by atoms with E-state index in [-0.39, 0.29) is 21.7 Å². The zero-order valence-electron chi connectivity index (χ0n) is 21.7. The Bertz CT molecular complexity index is 1430. The van der Waals surface area contributed by atoms with Crippen LogP contribution < -0.4 is 9.21 Å². The van der Waals surface area contributed by atoms with Gasteiger partial charge in [0.25, 0.3) is 10.0 Å². The summed E-state index contributed by atoms with van der Waals surface area (Å²) in [5.41, 5.74) is 2.99. The van der Waals surface area contributed by atoms with Crippen molar-refractivity contribution in [2.75, 3.05) is 23.3 Å². The lowest BCUT2D eigenvalue weighted by Crippen LogP contribution is -2.48. The molecule has 7 rings (SSSR count). The monoisotopic (exact) mass is 531 g/mol. The smallest absolute Gasteiger partial charge is 0.339 e. The van der Waals surface area contributed by atoms with Crippen LogP contribution >= 0.6 is 0 Å². The lowest BCUT2D eigenvalue weighted by atomic mass is 9.48. The van der Waals surface area contributed by atoms with Crippen LogP contribution in [-0.2, 0) is 15.4 Å². The molecule has 0 aliphatic heterocycles. The number of benzene rings is 2. The van der Waals surface area contributed by atoms with Crippen LogP contribution in [0.15, 0.2) is 71.8 Å². The van der Waals surface area contributed by atoms with Crippen molar-refractivity contribution in [2.45, 2.75) is 48.8 Å². The van der Waals surface area contributed by atoms with Crippen LogP contribution in [0.4, 0.5) is 17.2 Å². The zero-order chi connectivity index (χ0) is 26.7. The number of nitrogens with zero attached hydrogens (tertiary/aromatic N) is 3. The van der Waals surface area contributed by atoms with E-state index in [2.05, 4.69) is 17.1 Å². The normalized spacial score (nSPS) is 25.8. The van der Waals surface area contributed by atoms with Crippen molar-refractivity contribution in [1.29, 1.82) is 0 Å².